The molecule has 1 amide bonds. The van der Waals surface area contributed by atoms with Gasteiger partial charge in [-0.2, -0.15) is 0 Å². The number of likely N-dealkylation sites (N-methyl/N-ethyl adjacent to an activating group) is 2. The summed E-state index contributed by atoms with van der Waals surface area (Å²) in [5.41, 5.74) is 0. The zero-order chi connectivity index (χ0) is 8.27. The molecule has 1 N–H and O–H groups in total. The molecule has 0 aromatic heterocycles. The van der Waals surface area contributed by atoms with Crippen molar-refractivity contribution in [1.82, 2.24) is 10.2 Å². The lowest BCUT2D eigenvalue weighted by Gasteiger charge is -2.13. The molecule has 1 aliphatic rings. The van der Waals surface area contributed by atoms with E-state index in [0.717, 1.165) is 19.6 Å². The topological polar surface area (TPSA) is 32.3 Å². The van der Waals surface area contributed by atoms with E-state index in [9.17, 15) is 4.79 Å². The predicted molar refractivity (Wildman–Crippen MR) is 44.3 cm³/mol. The van der Waals surface area contributed by atoms with Gasteiger partial charge < -0.3 is 10.2 Å². The molecule has 0 spiro atoms. The van der Waals surface area contributed by atoms with Gasteiger partial charge in [0.05, 0.1) is 0 Å². The Morgan fingerprint density at radius 1 is 1.64 bits per heavy atom. The van der Waals surface area contributed by atoms with E-state index in [1.165, 1.54) is 0 Å². The molecule has 0 aromatic rings. The van der Waals surface area contributed by atoms with Crippen molar-refractivity contribution in [2.45, 2.75) is 26.3 Å². The first-order valence-electron chi connectivity index (χ1n) is 4.29. The summed E-state index contributed by atoms with van der Waals surface area (Å²) in [5.74, 6) is 0.290. The Bertz CT molecular complexity index is 147. The van der Waals surface area contributed by atoms with Crippen LogP contribution in [0.3, 0.4) is 0 Å². The van der Waals surface area contributed by atoms with Crippen molar-refractivity contribution in [3.05, 3.63) is 0 Å². The quantitative estimate of drug-likeness (QED) is 0.634. The van der Waals surface area contributed by atoms with Crippen molar-refractivity contribution in [3.63, 3.8) is 0 Å². The minimum Gasteiger partial charge on any atom is -0.341 e. The van der Waals surface area contributed by atoms with Crippen LogP contribution in [-0.4, -0.2) is 36.5 Å². The van der Waals surface area contributed by atoms with E-state index < -0.39 is 0 Å². The minimum atomic E-state index is 0.290. The molecule has 1 atom stereocenters. The Kier molecular flexibility index (Phi) is 2.88. The zero-order valence-electron chi connectivity index (χ0n) is 7.26. The van der Waals surface area contributed by atoms with Crippen LogP contribution in [0, 0.1) is 0 Å². The first kappa shape index (κ1) is 8.53. The van der Waals surface area contributed by atoms with Gasteiger partial charge in [0.2, 0.25) is 5.91 Å². The van der Waals surface area contributed by atoms with Crippen LogP contribution in [0.5, 0.6) is 0 Å². The lowest BCUT2D eigenvalue weighted by Crippen LogP contribution is -2.32. The molecule has 64 valence electrons. The molecule has 1 fully saturated rings. The molecule has 1 aliphatic heterocycles. The Morgan fingerprint density at radius 2 is 2.36 bits per heavy atom. The summed E-state index contributed by atoms with van der Waals surface area (Å²) in [6.07, 6.45) is 0.682. The van der Waals surface area contributed by atoms with Crippen LogP contribution < -0.4 is 5.32 Å². The molecule has 1 rings (SSSR count). The Hall–Kier alpha value is -0.570. The van der Waals surface area contributed by atoms with Gasteiger partial charge in [0, 0.05) is 25.6 Å². The van der Waals surface area contributed by atoms with Crippen LogP contribution >= 0.6 is 0 Å². The van der Waals surface area contributed by atoms with Gasteiger partial charge in [-0.15, -0.1) is 0 Å². The predicted octanol–water partition coefficient (Wildman–Crippen LogP) is 0.217. The first-order valence-corrected chi connectivity index (χ1v) is 4.29. The van der Waals surface area contributed by atoms with Gasteiger partial charge in [0.25, 0.3) is 0 Å². The van der Waals surface area contributed by atoms with Crippen LogP contribution in [0.1, 0.15) is 20.3 Å². The van der Waals surface area contributed by atoms with Crippen LogP contribution in [0.25, 0.3) is 0 Å². The summed E-state index contributed by atoms with van der Waals surface area (Å²) >= 11 is 0. The summed E-state index contributed by atoms with van der Waals surface area (Å²) < 4.78 is 0. The monoisotopic (exact) mass is 156 g/mol. The molecular formula is C8H16N2O. The average molecular weight is 156 g/mol. The maximum Gasteiger partial charge on any atom is 0.224 e. The SMILES string of the molecule is CCNC1CC(=O)N(CC)C1. The molecule has 1 heterocycles. The standard InChI is InChI=1S/C8H16N2O/c1-3-9-7-5-8(11)10(4-2)6-7/h7,9H,3-6H2,1-2H3. The fourth-order valence-electron chi connectivity index (χ4n) is 1.50. The zero-order valence-corrected chi connectivity index (χ0v) is 7.26. The highest BCUT2D eigenvalue weighted by atomic mass is 16.2. The van der Waals surface area contributed by atoms with Crippen LogP contribution in [-0.2, 0) is 4.79 Å². The van der Waals surface area contributed by atoms with Gasteiger partial charge in [-0.3, -0.25) is 4.79 Å². The molecule has 0 aromatic carbocycles. The molecule has 11 heavy (non-hydrogen) atoms. The first-order chi connectivity index (χ1) is 5.27. The van der Waals surface area contributed by atoms with Crippen LogP contribution in [0.2, 0.25) is 0 Å². The lowest BCUT2D eigenvalue weighted by atomic mass is 10.2. The van der Waals surface area contributed by atoms with E-state index >= 15 is 0 Å². The van der Waals surface area contributed by atoms with Crippen molar-refractivity contribution < 1.29 is 4.79 Å². The number of nitrogens with one attached hydrogen (secondary N) is 1. The number of carbonyl (C=O) groups is 1. The van der Waals surface area contributed by atoms with E-state index in [1.807, 2.05) is 11.8 Å². The van der Waals surface area contributed by atoms with Crippen molar-refractivity contribution in [1.29, 1.82) is 0 Å². The number of rotatable bonds is 3. The Labute approximate surface area is 67.8 Å². The summed E-state index contributed by atoms with van der Waals surface area (Å²) in [7, 11) is 0. The minimum absolute atomic E-state index is 0.290. The molecule has 3 heteroatoms. The Balaban J connectivity index is 2.36. The maximum atomic E-state index is 11.2. The molecule has 0 radical (unpaired) electrons. The average Bonchev–Trinajstić information content (AvgIpc) is 2.32. The largest absolute Gasteiger partial charge is 0.341 e. The third-order valence-corrected chi connectivity index (χ3v) is 2.09. The number of likely N-dealkylation sites (tertiary alicyclic amines) is 1. The van der Waals surface area contributed by atoms with Crippen LogP contribution in [0.15, 0.2) is 0 Å². The van der Waals surface area contributed by atoms with Gasteiger partial charge in [-0.25, -0.2) is 0 Å². The normalized spacial score (nSPS) is 24.7. The molecule has 0 saturated carbocycles. The summed E-state index contributed by atoms with van der Waals surface area (Å²) in [6.45, 7) is 6.78. The van der Waals surface area contributed by atoms with Gasteiger partial charge >= 0.3 is 0 Å². The van der Waals surface area contributed by atoms with E-state index in [1.54, 1.807) is 0 Å². The molecule has 1 saturated heterocycles. The van der Waals surface area contributed by atoms with Gasteiger partial charge in [-0.05, 0) is 13.5 Å². The van der Waals surface area contributed by atoms with Crippen molar-refractivity contribution in [3.8, 4) is 0 Å². The van der Waals surface area contributed by atoms with Crippen LogP contribution in [0.4, 0.5) is 0 Å². The van der Waals surface area contributed by atoms with E-state index in [4.69, 9.17) is 0 Å². The van der Waals surface area contributed by atoms with E-state index in [0.29, 0.717) is 18.4 Å². The van der Waals surface area contributed by atoms with E-state index in [-0.39, 0.29) is 0 Å². The smallest absolute Gasteiger partial charge is 0.224 e. The summed E-state index contributed by atoms with van der Waals surface area (Å²) in [6, 6.07) is 0.396. The fourth-order valence-corrected chi connectivity index (χ4v) is 1.50. The maximum absolute atomic E-state index is 11.2. The van der Waals surface area contributed by atoms with Gasteiger partial charge in [0.1, 0.15) is 0 Å². The van der Waals surface area contributed by atoms with Gasteiger partial charge in [0.15, 0.2) is 0 Å². The molecule has 1 unspecified atom stereocenters. The lowest BCUT2D eigenvalue weighted by molar-refractivity contribution is -0.127. The Morgan fingerprint density at radius 3 is 2.82 bits per heavy atom. The highest BCUT2D eigenvalue weighted by Gasteiger charge is 2.26. The van der Waals surface area contributed by atoms with Crippen molar-refractivity contribution >= 4 is 5.91 Å². The molecular weight excluding hydrogens is 140 g/mol. The third kappa shape index (κ3) is 1.93. The molecule has 0 bridgehead atoms. The molecule has 0 aliphatic carbocycles. The number of hydrogen-bond donors (Lipinski definition) is 1. The third-order valence-electron chi connectivity index (χ3n) is 2.09. The van der Waals surface area contributed by atoms with E-state index in [2.05, 4.69) is 12.2 Å². The highest BCUT2D eigenvalue weighted by Crippen LogP contribution is 2.09. The van der Waals surface area contributed by atoms with Crippen molar-refractivity contribution in [2.75, 3.05) is 19.6 Å². The second-order valence-electron chi connectivity index (χ2n) is 2.89. The summed E-state index contributed by atoms with van der Waals surface area (Å²) in [4.78, 5) is 13.1. The number of hydrogen-bond acceptors (Lipinski definition) is 2. The second-order valence-corrected chi connectivity index (χ2v) is 2.89. The second kappa shape index (κ2) is 3.72. The highest BCUT2D eigenvalue weighted by molar-refractivity contribution is 5.79. The fraction of sp³-hybridized carbons (Fsp3) is 0.875. The number of amides is 1. The number of carbonyl (C=O) groups excluding carboxylic acids is 1. The molecule has 3 nitrogen and oxygen atoms in total. The summed E-state index contributed by atoms with van der Waals surface area (Å²) in [5, 5.41) is 3.28. The van der Waals surface area contributed by atoms with Crippen molar-refractivity contribution in [2.24, 2.45) is 0 Å². The van der Waals surface area contributed by atoms with Gasteiger partial charge in [-0.1, -0.05) is 6.92 Å². The number of nitrogens with zero attached hydrogens (tertiary/aromatic N) is 1.